The van der Waals surface area contributed by atoms with Crippen LogP contribution >= 0.6 is 0 Å². The number of nitrogen functional groups attached to an aromatic ring is 1. The molecule has 1 atom stereocenters. The second-order valence-corrected chi connectivity index (χ2v) is 5.96. The number of carbonyl (C=O) groups excluding carboxylic acids is 1. The maximum Gasteiger partial charge on any atom is 0.222 e. The van der Waals surface area contributed by atoms with Crippen LogP contribution in [0.3, 0.4) is 0 Å². The van der Waals surface area contributed by atoms with Gasteiger partial charge in [0.25, 0.3) is 0 Å². The lowest BCUT2D eigenvalue weighted by atomic mass is 9.93. The van der Waals surface area contributed by atoms with Crippen LogP contribution in [0.2, 0.25) is 0 Å². The van der Waals surface area contributed by atoms with E-state index in [9.17, 15) is 9.18 Å². The molecule has 0 aliphatic carbocycles. The molecule has 5 nitrogen and oxygen atoms in total. The van der Waals surface area contributed by atoms with Crippen molar-refractivity contribution in [2.24, 2.45) is 0 Å². The van der Waals surface area contributed by atoms with Gasteiger partial charge in [-0.05, 0) is 25.3 Å². The van der Waals surface area contributed by atoms with E-state index in [1.165, 1.54) is 6.07 Å². The van der Waals surface area contributed by atoms with Gasteiger partial charge in [-0.3, -0.25) is 4.79 Å². The fourth-order valence-corrected chi connectivity index (χ4v) is 3.27. The number of rotatable bonds is 3. The lowest BCUT2D eigenvalue weighted by molar-refractivity contribution is -0.134. The molecule has 1 aromatic carbocycles. The molecule has 1 fully saturated rings. The van der Waals surface area contributed by atoms with Crippen molar-refractivity contribution in [1.29, 1.82) is 0 Å². The molecule has 0 unspecified atom stereocenters. The van der Waals surface area contributed by atoms with Crippen molar-refractivity contribution in [3.63, 3.8) is 0 Å². The number of likely N-dealkylation sites (tertiary alicyclic amines) is 1. The third kappa shape index (κ3) is 3.09. The zero-order chi connectivity index (χ0) is 17.1. The molecule has 1 amide bonds. The quantitative estimate of drug-likeness (QED) is 0.938. The summed E-state index contributed by atoms with van der Waals surface area (Å²) >= 11 is 0. The number of piperidine rings is 1. The normalized spacial score (nSPS) is 17.8. The molecule has 0 bridgehead atoms. The van der Waals surface area contributed by atoms with Crippen molar-refractivity contribution in [1.82, 2.24) is 14.9 Å². The lowest BCUT2D eigenvalue weighted by Gasteiger charge is -2.36. The van der Waals surface area contributed by atoms with Crippen LogP contribution in [0.4, 0.5) is 10.3 Å². The minimum absolute atomic E-state index is 0.0800. The summed E-state index contributed by atoms with van der Waals surface area (Å²) in [5.41, 5.74) is 7.45. The maximum atomic E-state index is 14.3. The van der Waals surface area contributed by atoms with E-state index < -0.39 is 0 Å². The number of hydrogen-bond donors (Lipinski definition) is 1. The van der Waals surface area contributed by atoms with Crippen molar-refractivity contribution >= 4 is 11.9 Å². The molecule has 1 saturated heterocycles. The Morgan fingerprint density at radius 2 is 2.12 bits per heavy atom. The van der Waals surface area contributed by atoms with E-state index >= 15 is 0 Å². The van der Waals surface area contributed by atoms with E-state index in [0.717, 1.165) is 19.3 Å². The predicted octanol–water partition coefficient (Wildman–Crippen LogP) is 3.33. The summed E-state index contributed by atoms with van der Waals surface area (Å²) in [6.45, 7) is 2.54. The molecular formula is C18H21FN4O. The second kappa shape index (κ2) is 6.95. The predicted molar refractivity (Wildman–Crippen MR) is 90.4 cm³/mol. The van der Waals surface area contributed by atoms with Gasteiger partial charge in [0.1, 0.15) is 5.82 Å². The largest absolute Gasteiger partial charge is 0.368 e. The highest BCUT2D eigenvalue weighted by Crippen LogP contribution is 2.36. The zero-order valence-electron chi connectivity index (χ0n) is 13.7. The van der Waals surface area contributed by atoms with Gasteiger partial charge in [-0.25, -0.2) is 14.4 Å². The van der Waals surface area contributed by atoms with E-state index in [1.807, 2.05) is 11.8 Å². The Labute approximate surface area is 140 Å². The standard InChI is InChI=1S/C18H21FN4O/c1-2-16(24)23-10-6-5-9-15(23)17-13(11-21-18(20)22-17)12-7-3-4-8-14(12)19/h3-4,7-8,11,15H,2,5-6,9-10H2,1H3,(H2,20,21,22)/t15-/m0/s1. The smallest absolute Gasteiger partial charge is 0.222 e. The SMILES string of the molecule is CCC(=O)N1CCCC[C@H]1c1nc(N)ncc1-c1ccccc1F. The maximum absolute atomic E-state index is 14.3. The first-order valence-electron chi connectivity index (χ1n) is 8.28. The fourth-order valence-electron chi connectivity index (χ4n) is 3.27. The van der Waals surface area contributed by atoms with Crippen LogP contribution in [0, 0.1) is 5.82 Å². The molecule has 0 spiro atoms. The molecule has 0 saturated carbocycles. The minimum atomic E-state index is -0.337. The Morgan fingerprint density at radius 1 is 1.33 bits per heavy atom. The van der Waals surface area contributed by atoms with Crippen LogP contribution in [0.25, 0.3) is 11.1 Å². The van der Waals surface area contributed by atoms with Crippen LogP contribution < -0.4 is 5.73 Å². The van der Waals surface area contributed by atoms with Gasteiger partial charge >= 0.3 is 0 Å². The summed E-state index contributed by atoms with van der Waals surface area (Å²) in [5, 5.41) is 0. The summed E-state index contributed by atoms with van der Waals surface area (Å²) in [7, 11) is 0. The monoisotopic (exact) mass is 328 g/mol. The van der Waals surface area contributed by atoms with Gasteiger partial charge in [0.05, 0.1) is 11.7 Å². The average Bonchev–Trinajstić information content (AvgIpc) is 2.62. The summed E-state index contributed by atoms with van der Waals surface area (Å²) < 4.78 is 14.3. The van der Waals surface area contributed by atoms with Gasteiger partial charge in [0.2, 0.25) is 11.9 Å². The first-order chi connectivity index (χ1) is 11.6. The topological polar surface area (TPSA) is 72.1 Å². The number of nitrogens with zero attached hydrogens (tertiary/aromatic N) is 3. The van der Waals surface area contributed by atoms with Crippen molar-refractivity contribution < 1.29 is 9.18 Å². The second-order valence-electron chi connectivity index (χ2n) is 5.96. The number of amides is 1. The van der Waals surface area contributed by atoms with Gasteiger partial charge in [0.15, 0.2) is 0 Å². The van der Waals surface area contributed by atoms with Crippen molar-refractivity contribution in [2.75, 3.05) is 12.3 Å². The highest BCUT2D eigenvalue weighted by atomic mass is 19.1. The number of anilines is 1. The van der Waals surface area contributed by atoms with Crippen molar-refractivity contribution in [2.45, 2.75) is 38.6 Å². The number of aromatic nitrogens is 2. The molecule has 2 aromatic rings. The molecule has 3 rings (SSSR count). The number of halogens is 1. The first kappa shape index (κ1) is 16.4. The van der Waals surface area contributed by atoms with E-state index in [-0.39, 0.29) is 23.7 Å². The summed E-state index contributed by atoms with van der Waals surface area (Å²) in [6, 6.07) is 6.33. The molecule has 2 N–H and O–H groups in total. The minimum Gasteiger partial charge on any atom is -0.368 e. The molecule has 2 heterocycles. The zero-order valence-corrected chi connectivity index (χ0v) is 13.7. The van der Waals surface area contributed by atoms with E-state index in [4.69, 9.17) is 5.73 Å². The molecule has 126 valence electrons. The Hall–Kier alpha value is -2.50. The molecule has 1 aromatic heterocycles. The van der Waals surface area contributed by atoms with Crippen LogP contribution in [0.1, 0.15) is 44.3 Å². The fraction of sp³-hybridized carbons (Fsp3) is 0.389. The number of nitrogens with two attached hydrogens (primary N) is 1. The number of hydrogen-bond acceptors (Lipinski definition) is 4. The molecule has 24 heavy (non-hydrogen) atoms. The first-order valence-corrected chi connectivity index (χ1v) is 8.28. The van der Waals surface area contributed by atoms with Crippen LogP contribution in [-0.2, 0) is 4.79 Å². The Kier molecular flexibility index (Phi) is 4.74. The Morgan fingerprint density at radius 3 is 2.88 bits per heavy atom. The van der Waals surface area contributed by atoms with Crippen LogP contribution in [-0.4, -0.2) is 27.3 Å². The molecule has 1 aliphatic rings. The molecular weight excluding hydrogens is 307 g/mol. The van der Waals surface area contributed by atoms with Crippen LogP contribution in [0.15, 0.2) is 30.5 Å². The Balaban J connectivity index is 2.11. The van der Waals surface area contributed by atoms with Crippen LogP contribution in [0.5, 0.6) is 0 Å². The van der Waals surface area contributed by atoms with Gasteiger partial charge in [-0.15, -0.1) is 0 Å². The molecule has 1 aliphatic heterocycles. The third-order valence-electron chi connectivity index (χ3n) is 4.44. The van der Waals surface area contributed by atoms with Gasteiger partial charge < -0.3 is 10.6 Å². The van der Waals surface area contributed by atoms with Gasteiger partial charge in [0, 0.05) is 30.3 Å². The Bertz CT molecular complexity index is 750. The average molecular weight is 328 g/mol. The highest BCUT2D eigenvalue weighted by Gasteiger charge is 2.30. The van der Waals surface area contributed by atoms with Crippen molar-refractivity contribution in [3.8, 4) is 11.1 Å². The molecule has 0 radical (unpaired) electrons. The summed E-state index contributed by atoms with van der Waals surface area (Å²) in [6.07, 6.45) is 4.76. The van der Waals surface area contributed by atoms with E-state index in [2.05, 4.69) is 9.97 Å². The molecule has 6 heteroatoms. The lowest BCUT2D eigenvalue weighted by Crippen LogP contribution is -2.38. The van der Waals surface area contributed by atoms with Gasteiger partial charge in [-0.2, -0.15) is 0 Å². The summed E-state index contributed by atoms with van der Waals surface area (Å²) in [5.74, 6) is -0.118. The van der Waals surface area contributed by atoms with Crippen molar-refractivity contribution in [3.05, 3.63) is 42.0 Å². The highest BCUT2D eigenvalue weighted by molar-refractivity contribution is 5.77. The third-order valence-corrected chi connectivity index (χ3v) is 4.44. The van der Waals surface area contributed by atoms with E-state index in [1.54, 1.807) is 24.4 Å². The number of carbonyl (C=O) groups is 1. The number of benzene rings is 1. The van der Waals surface area contributed by atoms with Gasteiger partial charge in [-0.1, -0.05) is 25.1 Å². The van der Waals surface area contributed by atoms with E-state index in [0.29, 0.717) is 29.8 Å². The summed E-state index contributed by atoms with van der Waals surface area (Å²) in [4.78, 5) is 22.6.